The molecule has 4 nitrogen and oxygen atoms in total. The summed E-state index contributed by atoms with van der Waals surface area (Å²) in [6.45, 7) is 5.37. The van der Waals surface area contributed by atoms with Gasteiger partial charge in [0.25, 0.3) is 0 Å². The molecule has 0 radical (unpaired) electrons. The zero-order chi connectivity index (χ0) is 15.0. The zero-order valence-electron chi connectivity index (χ0n) is 12.7. The number of furan rings is 1. The molecule has 1 aliphatic carbocycles. The molecule has 0 spiro atoms. The van der Waals surface area contributed by atoms with Crippen molar-refractivity contribution in [1.29, 1.82) is 0 Å². The number of rotatable bonds is 3. The van der Waals surface area contributed by atoms with Crippen molar-refractivity contribution >= 4 is 12.0 Å². The summed E-state index contributed by atoms with van der Waals surface area (Å²) in [7, 11) is 0. The van der Waals surface area contributed by atoms with E-state index >= 15 is 0 Å². The fraction of sp³-hybridized carbons (Fsp3) is 0.588. The molecule has 1 saturated heterocycles. The first-order valence-corrected chi connectivity index (χ1v) is 7.79. The number of hydrogen-bond acceptors (Lipinski definition) is 3. The summed E-state index contributed by atoms with van der Waals surface area (Å²) in [5.41, 5.74) is 0. The van der Waals surface area contributed by atoms with Gasteiger partial charge in [0.05, 0.1) is 6.10 Å². The molecule has 1 N–H and O–H groups in total. The molecular weight excluding hydrogens is 266 g/mol. The summed E-state index contributed by atoms with van der Waals surface area (Å²) < 4.78 is 5.75. The van der Waals surface area contributed by atoms with E-state index in [0.717, 1.165) is 17.9 Å². The van der Waals surface area contributed by atoms with Gasteiger partial charge < -0.3 is 14.4 Å². The topological polar surface area (TPSA) is 53.7 Å². The van der Waals surface area contributed by atoms with Gasteiger partial charge in [-0.2, -0.15) is 0 Å². The molecule has 1 amide bonds. The summed E-state index contributed by atoms with van der Waals surface area (Å²) in [4.78, 5) is 13.8. The minimum Gasteiger partial charge on any atom is -0.461 e. The second kappa shape index (κ2) is 5.68. The third-order valence-corrected chi connectivity index (χ3v) is 4.74. The van der Waals surface area contributed by atoms with E-state index in [2.05, 4.69) is 6.92 Å². The number of carbonyl (C=O) groups excluding carboxylic acids is 1. The molecule has 2 fully saturated rings. The maximum absolute atomic E-state index is 12.1. The summed E-state index contributed by atoms with van der Waals surface area (Å²) in [5.74, 6) is 3.23. The zero-order valence-corrected chi connectivity index (χ0v) is 12.7. The van der Waals surface area contributed by atoms with Crippen LogP contribution in [0.3, 0.4) is 0 Å². The molecule has 2 aliphatic rings. The Morgan fingerprint density at radius 2 is 2.14 bits per heavy atom. The molecule has 1 aliphatic heterocycles. The molecule has 3 rings (SSSR count). The van der Waals surface area contributed by atoms with E-state index in [0.29, 0.717) is 24.9 Å². The van der Waals surface area contributed by atoms with Crippen LogP contribution in [0.4, 0.5) is 0 Å². The van der Waals surface area contributed by atoms with Gasteiger partial charge >= 0.3 is 0 Å². The molecule has 114 valence electrons. The van der Waals surface area contributed by atoms with E-state index in [-0.39, 0.29) is 11.8 Å². The van der Waals surface area contributed by atoms with Gasteiger partial charge in [0.2, 0.25) is 5.91 Å². The Hall–Kier alpha value is -1.55. The Balaban J connectivity index is 1.58. The lowest BCUT2D eigenvalue weighted by molar-refractivity contribution is -0.130. The predicted octanol–water partition coefficient (Wildman–Crippen LogP) is 2.65. The Morgan fingerprint density at radius 1 is 1.38 bits per heavy atom. The van der Waals surface area contributed by atoms with Crippen LogP contribution in [0.25, 0.3) is 6.08 Å². The summed E-state index contributed by atoms with van der Waals surface area (Å²) in [6.07, 6.45) is 4.90. The third kappa shape index (κ3) is 3.21. The first-order valence-electron chi connectivity index (χ1n) is 7.79. The van der Waals surface area contributed by atoms with Crippen LogP contribution < -0.4 is 0 Å². The van der Waals surface area contributed by atoms with Crippen LogP contribution in [-0.2, 0) is 4.79 Å². The van der Waals surface area contributed by atoms with Crippen LogP contribution in [0, 0.1) is 11.8 Å². The number of hydrogen-bond donors (Lipinski definition) is 1. The Labute approximate surface area is 125 Å². The molecule has 21 heavy (non-hydrogen) atoms. The molecule has 0 aromatic carbocycles. The number of β-amino-alcohol motifs (C(OH)–C–C–N with tert-alkyl or cyclic N) is 1. The first kappa shape index (κ1) is 14.4. The highest BCUT2D eigenvalue weighted by atomic mass is 16.3. The smallest absolute Gasteiger partial charge is 0.246 e. The quantitative estimate of drug-likeness (QED) is 0.870. The van der Waals surface area contributed by atoms with Gasteiger partial charge in [-0.15, -0.1) is 0 Å². The van der Waals surface area contributed by atoms with Crippen LogP contribution in [-0.4, -0.2) is 35.1 Å². The number of piperidine rings is 1. The SMILES string of the molecule is CC1CCN(C(=O)/C=C/c2ccc(C3CC3C)o2)CC1O. The number of amides is 1. The van der Waals surface area contributed by atoms with Crippen molar-refractivity contribution in [2.45, 2.75) is 38.7 Å². The number of aliphatic hydroxyl groups is 1. The molecule has 4 heteroatoms. The normalized spacial score (nSPS) is 32.6. The summed E-state index contributed by atoms with van der Waals surface area (Å²) in [6, 6.07) is 3.92. The van der Waals surface area contributed by atoms with E-state index < -0.39 is 6.10 Å². The van der Waals surface area contributed by atoms with Crippen molar-refractivity contribution in [1.82, 2.24) is 4.90 Å². The maximum Gasteiger partial charge on any atom is 0.246 e. The van der Waals surface area contributed by atoms with E-state index in [9.17, 15) is 9.90 Å². The van der Waals surface area contributed by atoms with E-state index in [1.807, 2.05) is 19.1 Å². The van der Waals surface area contributed by atoms with Gasteiger partial charge in [0, 0.05) is 25.1 Å². The van der Waals surface area contributed by atoms with E-state index in [1.165, 1.54) is 6.42 Å². The second-order valence-electron chi connectivity index (χ2n) is 6.51. The molecule has 1 aromatic heterocycles. The average Bonchev–Trinajstić information content (AvgIpc) is 3.01. The molecule has 2 heterocycles. The standard InChI is InChI=1S/C17H23NO3/c1-11-7-8-18(10-15(11)19)17(20)6-4-13-3-5-16(21-13)14-9-12(14)2/h3-6,11-12,14-15,19H,7-10H2,1-2H3/b6-4+. The number of carbonyl (C=O) groups is 1. The minimum atomic E-state index is -0.414. The number of aliphatic hydroxyl groups excluding tert-OH is 1. The molecule has 4 atom stereocenters. The van der Waals surface area contributed by atoms with Gasteiger partial charge in [0.1, 0.15) is 11.5 Å². The van der Waals surface area contributed by atoms with Crippen LogP contribution in [0.2, 0.25) is 0 Å². The predicted molar refractivity (Wildman–Crippen MR) is 80.6 cm³/mol. The Morgan fingerprint density at radius 3 is 2.81 bits per heavy atom. The lowest BCUT2D eigenvalue weighted by Crippen LogP contribution is -2.45. The fourth-order valence-corrected chi connectivity index (χ4v) is 2.88. The highest BCUT2D eigenvalue weighted by molar-refractivity contribution is 5.91. The average molecular weight is 289 g/mol. The van der Waals surface area contributed by atoms with Crippen molar-refractivity contribution < 1.29 is 14.3 Å². The lowest BCUT2D eigenvalue weighted by Gasteiger charge is -2.33. The summed E-state index contributed by atoms with van der Waals surface area (Å²) in [5, 5.41) is 9.84. The van der Waals surface area contributed by atoms with Crippen molar-refractivity contribution in [2.75, 3.05) is 13.1 Å². The number of nitrogens with zero attached hydrogens (tertiary/aromatic N) is 1. The summed E-state index contributed by atoms with van der Waals surface area (Å²) >= 11 is 0. The highest BCUT2D eigenvalue weighted by Gasteiger charge is 2.36. The Bertz CT molecular complexity index is 548. The van der Waals surface area contributed by atoms with Gasteiger partial charge in [-0.1, -0.05) is 13.8 Å². The highest BCUT2D eigenvalue weighted by Crippen LogP contribution is 2.47. The molecule has 1 aromatic rings. The first-order chi connectivity index (χ1) is 10.0. The van der Waals surface area contributed by atoms with Gasteiger partial charge in [0.15, 0.2) is 0 Å². The third-order valence-electron chi connectivity index (χ3n) is 4.74. The van der Waals surface area contributed by atoms with Crippen LogP contribution in [0.15, 0.2) is 22.6 Å². The van der Waals surface area contributed by atoms with Gasteiger partial charge in [-0.05, 0) is 42.9 Å². The second-order valence-corrected chi connectivity index (χ2v) is 6.51. The van der Waals surface area contributed by atoms with Crippen molar-refractivity contribution in [2.24, 2.45) is 11.8 Å². The Kier molecular flexibility index (Phi) is 3.89. The van der Waals surface area contributed by atoms with Crippen molar-refractivity contribution in [3.05, 3.63) is 29.7 Å². The molecule has 0 bridgehead atoms. The molecule has 1 saturated carbocycles. The van der Waals surface area contributed by atoms with Crippen LogP contribution in [0.5, 0.6) is 0 Å². The number of likely N-dealkylation sites (tertiary alicyclic amines) is 1. The monoisotopic (exact) mass is 289 g/mol. The van der Waals surface area contributed by atoms with E-state index in [4.69, 9.17) is 4.42 Å². The minimum absolute atomic E-state index is 0.0568. The maximum atomic E-state index is 12.1. The van der Waals surface area contributed by atoms with Gasteiger partial charge in [-0.3, -0.25) is 4.79 Å². The lowest BCUT2D eigenvalue weighted by atomic mass is 9.96. The van der Waals surface area contributed by atoms with Crippen molar-refractivity contribution in [3.63, 3.8) is 0 Å². The van der Waals surface area contributed by atoms with Crippen LogP contribution in [0.1, 0.15) is 44.1 Å². The van der Waals surface area contributed by atoms with E-state index in [1.54, 1.807) is 17.1 Å². The molecule has 4 unspecified atom stereocenters. The van der Waals surface area contributed by atoms with Gasteiger partial charge in [-0.25, -0.2) is 0 Å². The van der Waals surface area contributed by atoms with Crippen LogP contribution >= 0.6 is 0 Å². The largest absolute Gasteiger partial charge is 0.461 e. The van der Waals surface area contributed by atoms with Crippen molar-refractivity contribution in [3.8, 4) is 0 Å². The fourth-order valence-electron chi connectivity index (χ4n) is 2.88. The molecular formula is C17H23NO3.